The fourth-order valence-electron chi connectivity index (χ4n) is 3.05. The Kier molecular flexibility index (Phi) is 4.57. The van der Waals surface area contributed by atoms with E-state index in [1.807, 2.05) is 55.5 Å². The minimum absolute atomic E-state index is 0.0516. The van der Waals surface area contributed by atoms with E-state index in [0.29, 0.717) is 22.0 Å². The van der Waals surface area contributed by atoms with Crippen molar-refractivity contribution in [2.24, 2.45) is 0 Å². The highest BCUT2D eigenvalue weighted by molar-refractivity contribution is 7.19. The molecule has 130 valence electrons. The zero-order valence-electron chi connectivity index (χ0n) is 13.9. The van der Waals surface area contributed by atoms with Gasteiger partial charge in [-0.2, -0.15) is 0 Å². The average Bonchev–Trinajstić information content (AvgIpc) is 2.95. The van der Waals surface area contributed by atoms with Gasteiger partial charge in [0.15, 0.2) is 0 Å². The lowest BCUT2D eigenvalue weighted by molar-refractivity contribution is 0.749. The lowest BCUT2D eigenvalue weighted by Crippen LogP contribution is -2.21. The van der Waals surface area contributed by atoms with Crippen LogP contribution in [-0.2, 0) is 6.54 Å². The van der Waals surface area contributed by atoms with Crippen LogP contribution in [0.15, 0.2) is 59.7 Å². The molecule has 2 aromatic heterocycles. The molecule has 26 heavy (non-hydrogen) atoms. The summed E-state index contributed by atoms with van der Waals surface area (Å²) in [6.07, 6.45) is 1.60. The summed E-state index contributed by atoms with van der Waals surface area (Å²) in [4.78, 5) is 19.5. The molecule has 0 fully saturated rings. The maximum Gasteiger partial charge on any atom is 0.263 e. The Balaban J connectivity index is 1.88. The highest BCUT2D eigenvalue weighted by atomic mass is 35.5. The number of nitrogens with zero attached hydrogens (tertiary/aromatic N) is 2. The lowest BCUT2D eigenvalue weighted by Gasteiger charge is -2.07. The first-order chi connectivity index (χ1) is 12.5. The summed E-state index contributed by atoms with van der Waals surface area (Å²) in [5.41, 5.74) is 2.81. The van der Waals surface area contributed by atoms with Crippen molar-refractivity contribution >= 4 is 44.8 Å². The molecule has 0 aliphatic rings. The van der Waals surface area contributed by atoms with E-state index in [4.69, 9.17) is 23.2 Å². The topological polar surface area (TPSA) is 34.9 Å². The monoisotopic (exact) mass is 400 g/mol. The molecular weight excluding hydrogens is 387 g/mol. The van der Waals surface area contributed by atoms with Crippen molar-refractivity contribution in [3.8, 4) is 11.1 Å². The zero-order chi connectivity index (χ0) is 18.3. The summed E-state index contributed by atoms with van der Waals surface area (Å²) in [6.45, 7) is 2.44. The van der Waals surface area contributed by atoms with E-state index in [1.54, 1.807) is 10.9 Å². The van der Waals surface area contributed by atoms with Gasteiger partial charge < -0.3 is 0 Å². The molecule has 0 unspecified atom stereocenters. The van der Waals surface area contributed by atoms with Gasteiger partial charge in [-0.25, -0.2) is 4.98 Å². The zero-order valence-corrected chi connectivity index (χ0v) is 16.2. The van der Waals surface area contributed by atoms with Crippen LogP contribution >= 0.6 is 34.5 Å². The van der Waals surface area contributed by atoms with E-state index in [-0.39, 0.29) is 5.56 Å². The molecule has 0 aliphatic carbocycles. The summed E-state index contributed by atoms with van der Waals surface area (Å²) in [5, 5.41) is 1.97. The number of thiophene rings is 1. The van der Waals surface area contributed by atoms with Gasteiger partial charge in [-0.05, 0) is 42.3 Å². The van der Waals surface area contributed by atoms with Crippen LogP contribution in [0, 0.1) is 6.92 Å². The number of aryl methyl sites for hydroxylation is 1. The van der Waals surface area contributed by atoms with Crippen molar-refractivity contribution in [2.45, 2.75) is 13.5 Å². The molecule has 0 saturated heterocycles. The van der Waals surface area contributed by atoms with Gasteiger partial charge in [-0.1, -0.05) is 47.5 Å². The summed E-state index contributed by atoms with van der Waals surface area (Å²) in [6, 6.07) is 15.0. The quantitative estimate of drug-likeness (QED) is 0.436. The first-order valence-corrected chi connectivity index (χ1v) is 9.59. The Morgan fingerprint density at radius 2 is 1.85 bits per heavy atom. The summed E-state index contributed by atoms with van der Waals surface area (Å²) >= 11 is 13.6. The van der Waals surface area contributed by atoms with Crippen LogP contribution in [0.25, 0.3) is 21.3 Å². The molecule has 4 rings (SSSR count). The van der Waals surface area contributed by atoms with E-state index in [9.17, 15) is 4.79 Å². The number of fused-ring (bicyclic) bond motifs is 1. The van der Waals surface area contributed by atoms with Crippen molar-refractivity contribution in [1.82, 2.24) is 9.55 Å². The molecule has 2 aromatic carbocycles. The highest BCUT2D eigenvalue weighted by Crippen LogP contribution is 2.35. The number of aromatic nitrogens is 2. The maximum atomic E-state index is 13.2. The predicted molar refractivity (Wildman–Crippen MR) is 110 cm³/mol. The SMILES string of the molecule is Cc1sc2ncn(Cc3cccc(Cl)c3)c(=O)c2c1-c1ccc(Cl)cc1. The Hall–Kier alpha value is -2.14. The molecular formula is C20H14Cl2N2OS. The van der Waals surface area contributed by atoms with Crippen LogP contribution in [-0.4, -0.2) is 9.55 Å². The van der Waals surface area contributed by atoms with Crippen molar-refractivity contribution < 1.29 is 0 Å². The fourth-order valence-corrected chi connectivity index (χ4v) is 4.39. The van der Waals surface area contributed by atoms with E-state index in [2.05, 4.69) is 4.98 Å². The molecule has 0 amide bonds. The summed E-state index contributed by atoms with van der Waals surface area (Å²) in [5.74, 6) is 0. The molecule has 2 heterocycles. The molecule has 3 nitrogen and oxygen atoms in total. The molecule has 0 saturated carbocycles. The molecule has 0 N–H and O–H groups in total. The Labute approximate surface area is 164 Å². The fraction of sp³-hybridized carbons (Fsp3) is 0.100. The van der Waals surface area contributed by atoms with Gasteiger partial charge in [0, 0.05) is 20.5 Å². The van der Waals surface area contributed by atoms with E-state index < -0.39 is 0 Å². The standard InChI is InChI=1S/C20H14Cl2N2OS/c1-12-17(14-5-7-15(21)8-6-14)18-19(26-12)23-11-24(20(18)25)10-13-3-2-4-16(22)9-13/h2-9,11H,10H2,1H3. The number of benzene rings is 2. The van der Waals surface area contributed by atoms with Crippen LogP contribution in [0.4, 0.5) is 0 Å². The third kappa shape index (κ3) is 3.16. The summed E-state index contributed by atoms with van der Waals surface area (Å²) in [7, 11) is 0. The van der Waals surface area contributed by atoms with Gasteiger partial charge in [0.2, 0.25) is 0 Å². The van der Waals surface area contributed by atoms with Gasteiger partial charge in [0.25, 0.3) is 5.56 Å². The van der Waals surface area contributed by atoms with Crippen LogP contribution in [0.1, 0.15) is 10.4 Å². The van der Waals surface area contributed by atoms with Gasteiger partial charge in [0.05, 0.1) is 18.3 Å². The van der Waals surface area contributed by atoms with Crippen molar-refractivity contribution in [1.29, 1.82) is 0 Å². The molecule has 0 radical (unpaired) electrons. The van der Waals surface area contributed by atoms with Crippen LogP contribution in [0.2, 0.25) is 10.0 Å². The second-order valence-corrected chi connectivity index (χ2v) is 8.10. The van der Waals surface area contributed by atoms with Gasteiger partial charge in [0.1, 0.15) is 4.83 Å². The maximum absolute atomic E-state index is 13.2. The van der Waals surface area contributed by atoms with Crippen molar-refractivity contribution in [2.75, 3.05) is 0 Å². The average molecular weight is 401 g/mol. The van der Waals surface area contributed by atoms with E-state index in [1.165, 1.54) is 11.3 Å². The predicted octanol–water partition coefficient (Wildman–Crippen LogP) is 5.79. The molecule has 6 heteroatoms. The van der Waals surface area contributed by atoms with Gasteiger partial charge in [-0.3, -0.25) is 9.36 Å². The molecule has 0 spiro atoms. The smallest absolute Gasteiger partial charge is 0.263 e. The van der Waals surface area contributed by atoms with Crippen LogP contribution in [0.5, 0.6) is 0 Å². The van der Waals surface area contributed by atoms with Crippen LogP contribution < -0.4 is 5.56 Å². The molecule has 4 aromatic rings. The van der Waals surface area contributed by atoms with Crippen molar-refractivity contribution in [3.63, 3.8) is 0 Å². The minimum Gasteiger partial charge on any atom is -0.294 e. The van der Waals surface area contributed by atoms with Crippen LogP contribution in [0.3, 0.4) is 0 Å². The van der Waals surface area contributed by atoms with Gasteiger partial charge in [-0.15, -0.1) is 11.3 Å². The van der Waals surface area contributed by atoms with E-state index in [0.717, 1.165) is 26.4 Å². The van der Waals surface area contributed by atoms with Gasteiger partial charge >= 0.3 is 0 Å². The molecule has 0 atom stereocenters. The summed E-state index contributed by atoms with van der Waals surface area (Å²) < 4.78 is 1.62. The Morgan fingerprint density at radius 3 is 2.58 bits per heavy atom. The third-order valence-electron chi connectivity index (χ3n) is 4.23. The number of hydrogen-bond donors (Lipinski definition) is 0. The normalized spacial score (nSPS) is 11.2. The second-order valence-electron chi connectivity index (χ2n) is 6.03. The lowest BCUT2D eigenvalue weighted by atomic mass is 10.0. The largest absolute Gasteiger partial charge is 0.294 e. The highest BCUT2D eigenvalue weighted by Gasteiger charge is 2.17. The molecule has 0 bridgehead atoms. The number of hydrogen-bond acceptors (Lipinski definition) is 3. The van der Waals surface area contributed by atoms with E-state index >= 15 is 0 Å². The second kappa shape index (κ2) is 6.88. The third-order valence-corrected chi connectivity index (χ3v) is 5.73. The van der Waals surface area contributed by atoms with Crippen molar-refractivity contribution in [3.05, 3.63) is 85.7 Å². The first-order valence-electron chi connectivity index (χ1n) is 8.02. The Bertz CT molecular complexity index is 1160. The minimum atomic E-state index is -0.0516. The number of halogens is 2. The Morgan fingerprint density at radius 1 is 1.08 bits per heavy atom. The number of rotatable bonds is 3. The molecule has 0 aliphatic heterocycles. The first kappa shape index (κ1) is 17.3.